The molecule has 2 unspecified atom stereocenters. The predicted molar refractivity (Wildman–Crippen MR) is 89.8 cm³/mol. The quantitative estimate of drug-likeness (QED) is 0.153. The van der Waals surface area contributed by atoms with Crippen molar-refractivity contribution in [3.8, 4) is 0 Å². The van der Waals surface area contributed by atoms with Crippen LogP contribution in [0.1, 0.15) is 32.1 Å². The maximum absolute atomic E-state index is 10.6. The number of carboxylic acid groups (broad SMARTS) is 1. The zero-order chi connectivity index (χ0) is 17.5. The minimum absolute atomic E-state index is 0. The van der Waals surface area contributed by atoms with Crippen molar-refractivity contribution in [3.05, 3.63) is 25.3 Å². The second-order valence-corrected chi connectivity index (χ2v) is 5.67. The van der Waals surface area contributed by atoms with Crippen LogP contribution in [0.3, 0.4) is 0 Å². The van der Waals surface area contributed by atoms with Crippen LogP contribution in [0, 0.1) is 0 Å². The van der Waals surface area contributed by atoms with Crippen LogP contribution in [-0.4, -0.2) is 66.0 Å². The fourth-order valence-electron chi connectivity index (χ4n) is 2.16. The molecule has 6 nitrogen and oxygen atoms in total. The summed E-state index contributed by atoms with van der Waals surface area (Å²) >= 11 is 0. The second kappa shape index (κ2) is 17.6. The van der Waals surface area contributed by atoms with Crippen molar-refractivity contribution in [2.75, 3.05) is 32.7 Å². The molecule has 0 saturated carbocycles. The Hall–Kier alpha value is -0.210. The van der Waals surface area contributed by atoms with Crippen molar-refractivity contribution in [3.63, 3.8) is 0 Å². The minimum Gasteiger partial charge on any atom is -0.550 e. The monoisotopic (exact) mass is 350 g/mol. The number of nitrogens with zero attached hydrogens (tertiary/aromatic N) is 1. The second-order valence-electron chi connectivity index (χ2n) is 5.67. The topological polar surface area (TPSA) is 95.9 Å². The summed E-state index contributed by atoms with van der Waals surface area (Å²) in [7, 11) is 0. The normalized spacial score (nSPS) is 13.1. The molecule has 2 atom stereocenters. The average Bonchev–Trinajstić information content (AvgIpc) is 2.52. The van der Waals surface area contributed by atoms with Crippen LogP contribution in [0.5, 0.6) is 0 Å². The third-order valence-corrected chi connectivity index (χ3v) is 3.49. The van der Waals surface area contributed by atoms with E-state index >= 15 is 0 Å². The molecule has 24 heavy (non-hydrogen) atoms. The SMILES string of the molecule is C=CCCC(O)CNCCN(CCC(=O)[O-])CC(O)CCC=C.[Na+]. The number of carbonyl (C=O) groups excluding carboxylic acids is 1. The third kappa shape index (κ3) is 16.6. The Morgan fingerprint density at radius 1 is 1.12 bits per heavy atom. The van der Waals surface area contributed by atoms with Crippen molar-refractivity contribution >= 4 is 5.97 Å². The van der Waals surface area contributed by atoms with Gasteiger partial charge in [0.1, 0.15) is 0 Å². The standard InChI is InChI=1S/C17H32N2O4.Na/c1-3-5-7-15(20)13-18-10-12-19(11-9-17(22)23)14-16(21)8-6-4-2;/h3-4,15-16,18,20-21H,1-2,5-14H2,(H,22,23);/q;+1/p-1. The molecule has 0 heterocycles. The molecule has 0 saturated heterocycles. The van der Waals surface area contributed by atoms with Crippen LogP contribution in [0.15, 0.2) is 25.3 Å². The molecule has 0 bridgehead atoms. The minimum atomic E-state index is -1.09. The molecular weight excluding hydrogens is 319 g/mol. The molecule has 7 heteroatoms. The third-order valence-electron chi connectivity index (χ3n) is 3.49. The molecule has 0 amide bonds. The molecule has 0 fully saturated rings. The van der Waals surface area contributed by atoms with E-state index < -0.39 is 18.2 Å². The van der Waals surface area contributed by atoms with Gasteiger partial charge in [-0.05, 0) is 32.1 Å². The molecule has 0 aromatic heterocycles. The van der Waals surface area contributed by atoms with Gasteiger partial charge in [-0.25, -0.2) is 0 Å². The molecular formula is C17H31N2NaO4. The number of allylic oxidation sites excluding steroid dienone is 2. The van der Waals surface area contributed by atoms with Gasteiger partial charge in [0, 0.05) is 38.7 Å². The number of rotatable bonds is 16. The van der Waals surface area contributed by atoms with Crippen LogP contribution in [0.25, 0.3) is 0 Å². The fraction of sp³-hybridized carbons (Fsp3) is 0.706. The van der Waals surface area contributed by atoms with E-state index in [4.69, 9.17) is 0 Å². The molecule has 0 aromatic carbocycles. The molecule has 0 aromatic rings. The van der Waals surface area contributed by atoms with Crippen LogP contribution in [-0.2, 0) is 4.79 Å². The van der Waals surface area contributed by atoms with Gasteiger partial charge in [0.25, 0.3) is 0 Å². The number of hydrogen-bond donors (Lipinski definition) is 3. The number of aliphatic hydroxyl groups excluding tert-OH is 2. The molecule has 0 rings (SSSR count). The summed E-state index contributed by atoms with van der Waals surface area (Å²) in [6.07, 6.45) is 5.33. The van der Waals surface area contributed by atoms with Crippen molar-refractivity contribution in [1.82, 2.24) is 10.2 Å². The van der Waals surface area contributed by atoms with Gasteiger partial charge in [0.15, 0.2) is 0 Å². The van der Waals surface area contributed by atoms with Crippen molar-refractivity contribution in [1.29, 1.82) is 0 Å². The summed E-state index contributed by atoms with van der Waals surface area (Å²) in [4.78, 5) is 12.5. The molecule has 3 N–H and O–H groups in total. The zero-order valence-electron chi connectivity index (χ0n) is 15.0. The Morgan fingerprint density at radius 3 is 2.25 bits per heavy atom. The van der Waals surface area contributed by atoms with E-state index in [9.17, 15) is 20.1 Å². The van der Waals surface area contributed by atoms with E-state index in [1.807, 2.05) is 4.90 Å². The van der Waals surface area contributed by atoms with Crippen LogP contribution in [0.4, 0.5) is 0 Å². The van der Waals surface area contributed by atoms with Gasteiger partial charge in [-0.15, -0.1) is 13.2 Å². The van der Waals surface area contributed by atoms with Crippen LogP contribution in [0.2, 0.25) is 0 Å². The van der Waals surface area contributed by atoms with E-state index in [2.05, 4.69) is 18.5 Å². The summed E-state index contributed by atoms with van der Waals surface area (Å²) in [6, 6.07) is 0. The number of carboxylic acids is 1. The maximum Gasteiger partial charge on any atom is 1.00 e. The molecule has 0 aliphatic rings. The van der Waals surface area contributed by atoms with E-state index in [-0.39, 0.29) is 36.0 Å². The van der Waals surface area contributed by atoms with Crippen molar-refractivity contribution in [2.45, 2.75) is 44.3 Å². The fourth-order valence-corrected chi connectivity index (χ4v) is 2.16. The number of carbonyl (C=O) groups is 1. The predicted octanol–water partition coefficient (Wildman–Crippen LogP) is -3.32. The van der Waals surface area contributed by atoms with E-state index in [0.29, 0.717) is 45.6 Å². The number of nitrogens with one attached hydrogen (secondary N) is 1. The van der Waals surface area contributed by atoms with Crippen LogP contribution >= 0.6 is 0 Å². The first kappa shape index (κ1) is 26.0. The van der Waals surface area contributed by atoms with Crippen molar-refractivity contribution < 1.29 is 49.7 Å². The first-order valence-electron chi connectivity index (χ1n) is 8.20. The van der Waals surface area contributed by atoms with Gasteiger partial charge < -0.3 is 25.4 Å². The van der Waals surface area contributed by atoms with E-state index in [1.54, 1.807) is 12.2 Å². The first-order chi connectivity index (χ1) is 11.0. The summed E-state index contributed by atoms with van der Waals surface area (Å²) in [5, 5.41) is 33.4. The zero-order valence-corrected chi connectivity index (χ0v) is 17.0. The van der Waals surface area contributed by atoms with Crippen LogP contribution < -0.4 is 40.0 Å². The van der Waals surface area contributed by atoms with Gasteiger partial charge in [0.2, 0.25) is 0 Å². The maximum atomic E-state index is 10.6. The number of hydrogen-bond acceptors (Lipinski definition) is 6. The van der Waals surface area contributed by atoms with Gasteiger partial charge in [-0.3, -0.25) is 4.90 Å². The van der Waals surface area contributed by atoms with Gasteiger partial charge in [0.05, 0.1) is 12.2 Å². The molecule has 0 radical (unpaired) electrons. The van der Waals surface area contributed by atoms with E-state index in [1.165, 1.54) is 0 Å². The Labute approximate surface area is 167 Å². The first-order valence-corrected chi connectivity index (χ1v) is 8.20. The van der Waals surface area contributed by atoms with Gasteiger partial charge >= 0.3 is 29.6 Å². The Morgan fingerprint density at radius 2 is 1.71 bits per heavy atom. The van der Waals surface area contributed by atoms with E-state index in [0.717, 1.165) is 12.8 Å². The average molecular weight is 350 g/mol. The summed E-state index contributed by atoms with van der Waals surface area (Å²) in [5.74, 6) is -1.09. The molecule has 134 valence electrons. The number of aliphatic carboxylic acids is 1. The van der Waals surface area contributed by atoms with Gasteiger partial charge in [-0.1, -0.05) is 12.2 Å². The molecule has 0 spiro atoms. The Balaban J connectivity index is 0. The smallest absolute Gasteiger partial charge is 0.550 e. The van der Waals surface area contributed by atoms with Gasteiger partial charge in [-0.2, -0.15) is 0 Å². The number of aliphatic hydroxyl groups is 2. The summed E-state index contributed by atoms with van der Waals surface area (Å²) < 4.78 is 0. The largest absolute Gasteiger partial charge is 1.00 e. The summed E-state index contributed by atoms with van der Waals surface area (Å²) in [5.41, 5.74) is 0. The Kier molecular flexibility index (Phi) is 19.1. The molecule has 0 aliphatic carbocycles. The Bertz CT molecular complexity index is 343. The molecule has 0 aliphatic heterocycles. The summed E-state index contributed by atoms with van der Waals surface area (Å²) in [6.45, 7) is 9.70. The van der Waals surface area contributed by atoms with Crippen molar-refractivity contribution in [2.24, 2.45) is 0 Å².